The highest BCUT2D eigenvalue weighted by atomic mass is 15.3. The molecule has 0 bridgehead atoms. The van der Waals surface area contributed by atoms with Crippen LogP contribution in [-0.4, -0.2) is 40.5 Å². The van der Waals surface area contributed by atoms with E-state index in [0.717, 1.165) is 6.54 Å². The fourth-order valence-electron chi connectivity index (χ4n) is 4.65. The summed E-state index contributed by atoms with van der Waals surface area (Å²) in [6.45, 7) is 9.02. The third kappa shape index (κ3) is 3.49. The number of hydrogen-bond acceptors (Lipinski definition) is 3. The Kier molecular flexibility index (Phi) is 4.87. The number of aromatic nitrogens is 1. The van der Waals surface area contributed by atoms with Crippen LogP contribution < -0.4 is 0 Å². The fourth-order valence-corrected chi connectivity index (χ4v) is 4.65. The van der Waals surface area contributed by atoms with E-state index in [4.69, 9.17) is 0 Å². The smallest absolute Gasteiger partial charge is 0.0405 e. The van der Waals surface area contributed by atoms with Crippen molar-refractivity contribution in [3.63, 3.8) is 0 Å². The molecule has 2 aliphatic rings. The van der Waals surface area contributed by atoms with Crippen molar-refractivity contribution < 1.29 is 0 Å². The van der Waals surface area contributed by atoms with Crippen molar-refractivity contribution in [1.29, 1.82) is 0 Å². The number of pyridine rings is 1. The number of piperidine rings is 1. The molecule has 2 atom stereocenters. The molecule has 0 radical (unpaired) electrons. The van der Waals surface area contributed by atoms with Gasteiger partial charge in [-0.2, -0.15) is 0 Å². The van der Waals surface area contributed by atoms with Crippen LogP contribution in [0.3, 0.4) is 0 Å². The van der Waals surface area contributed by atoms with Crippen LogP contribution in [-0.2, 0) is 6.54 Å². The summed E-state index contributed by atoms with van der Waals surface area (Å²) < 4.78 is 0. The Labute approximate surface area is 151 Å². The van der Waals surface area contributed by atoms with Crippen LogP contribution in [0.2, 0.25) is 0 Å². The van der Waals surface area contributed by atoms with Crippen molar-refractivity contribution in [2.24, 2.45) is 0 Å². The van der Waals surface area contributed by atoms with Crippen LogP contribution in [0.5, 0.6) is 0 Å². The lowest BCUT2D eigenvalue weighted by atomic mass is 9.87. The highest BCUT2D eigenvalue weighted by molar-refractivity contribution is 5.31. The number of nitrogens with zero attached hydrogens (tertiary/aromatic N) is 3. The van der Waals surface area contributed by atoms with Gasteiger partial charge in [-0.1, -0.05) is 30.3 Å². The van der Waals surface area contributed by atoms with Crippen molar-refractivity contribution in [3.05, 3.63) is 65.0 Å². The molecule has 132 valence electrons. The Bertz CT molecular complexity index is 712. The van der Waals surface area contributed by atoms with Crippen LogP contribution in [0.25, 0.3) is 0 Å². The zero-order valence-electron chi connectivity index (χ0n) is 15.5. The molecule has 0 amide bonds. The summed E-state index contributed by atoms with van der Waals surface area (Å²) in [6.07, 6.45) is 5.96. The van der Waals surface area contributed by atoms with E-state index < -0.39 is 0 Å². The third-order valence-electron chi connectivity index (χ3n) is 6.13. The molecule has 2 saturated heterocycles. The number of fused-ring (bicyclic) bond motifs is 1. The molecule has 2 aromatic rings. The minimum absolute atomic E-state index is 0.583. The Hall–Kier alpha value is -1.71. The van der Waals surface area contributed by atoms with E-state index in [2.05, 4.69) is 65.0 Å². The van der Waals surface area contributed by atoms with Gasteiger partial charge in [-0.05, 0) is 55.9 Å². The van der Waals surface area contributed by atoms with E-state index in [-0.39, 0.29) is 0 Å². The molecule has 3 nitrogen and oxygen atoms in total. The maximum atomic E-state index is 4.47. The van der Waals surface area contributed by atoms with Gasteiger partial charge in [0.1, 0.15) is 0 Å². The van der Waals surface area contributed by atoms with Crippen LogP contribution in [0.1, 0.15) is 47.7 Å². The number of aryl methyl sites for hydroxylation is 1. The summed E-state index contributed by atoms with van der Waals surface area (Å²) in [6, 6.07) is 14.4. The maximum absolute atomic E-state index is 4.47. The summed E-state index contributed by atoms with van der Waals surface area (Å²) in [5.74, 6) is 0. The van der Waals surface area contributed by atoms with Crippen molar-refractivity contribution in [1.82, 2.24) is 14.8 Å². The summed E-state index contributed by atoms with van der Waals surface area (Å²) in [7, 11) is 0. The second-order valence-electron chi connectivity index (χ2n) is 7.67. The van der Waals surface area contributed by atoms with Gasteiger partial charge in [-0.15, -0.1) is 0 Å². The average Bonchev–Trinajstić information content (AvgIpc) is 2.64. The number of benzene rings is 1. The standard InChI is InChI=1S/C22H29N3/c1-17-18(2)23-12-11-21(17)22-10-6-9-20-16-24(13-14-25(20)22)15-19-7-4-3-5-8-19/h3-5,7-8,11-12,20,22H,6,9-10,13-16H2,1-2H3/t20-,22+/m0/s1. The van der Waals surface area contributed by atoms with Crippen molar-refractivity contribution in [2.75, 3.05) is 19.6 Å². The molecular weight excluding hydrogens is 306 g/mol. The predicted octanol–water partition coefficient (Wildman–Crippen LogP) is 4.11. The largest absolute Gasteiger partial charge is 0.296 e. The minimum Gasteiger partial charge on any atom is -0.296 e. The molecule has 1 aromatic carbocycles. The molecule has 2 aliphatic heterocycles. The van der Waals surface area contributed by atoms with Gasteiger partial charge in [-0.3, -0.25) is 14.8 Å². The Morgan fingerprint density at radius 2 is 1.88 bits per heavy atom. The quantitative estimate of drug-likeness (QED) is 0.841. The second-order valence-corrected chi connectivity index (χ2v) is 7.67. The molecule has 0 spiro atoms. The van der Waals surface area contributed by atoms with Crippen LogP contribution in [0.4, 0.5) is 0 Å². The van der Waals surface area contributed by atoms with Gasteiger partial charge < -0.3 is 0 Å². The second kappa shape index (κ2) is 7.27. The van der Waals surface area contributed by atoms with Crippen molar-refractivity contribution in [3.8, 4) is 0 Å². The number of piperazine rings is 1. The average molecular weight is 335 g/mol. The van der Waals surface area contributed by atoms with Gasteiger partial charge >= 0.3 is 0 Å². The van der Waals surface area contributed by atoms with Crippen LogP contribution in [0.15, 0.2) is 42.6 Å². The summed E-state index contributed by atoms with van der Waals surface area (Å²) in [5, 5.41) is 0. The highest BCUT2D eigenvalue weighted by Crippen LogP contribution is 2.37. The summed E-state index contributed by atoms with van der Waals surface area (Å²) >= 11 is 0. The normalized spacial score (nSPS) is 24.9. The zero-order chi connectivity index (χ0) is 17.2. The zero-order valence-corrected chi connectivity index (χ0v) is 15.5. The van der Waals surface area contributed by atoms with Gasteiger partial charge in [-0.25, -0.2) is 0 Å². The van der Waals surface area contributed by atoms with E-state index in [1.807, 2.05) is 6.20 Å². The lowest BCUT2D eigenvalue weighted by Crippen LogP contribution is -2.55. The molecule has 0 unspecified atom stereocenters. The van der Waals surface area contributed by atoms with Gasteiger partial charge in [0.2, 0.25) is 0 Å². The first-order valence-electron chi connectivity index (χ1n) is 9.66. The predicted molar refractivity (Wildman–Crippen MR) is 103 cm³/mol. The number of rotatable bonds is 3. The van der Waals surface area contributed by atoms with Gasteiger partial charge in [0.25, 0.3) is 0 Å². The van der Waals surface area contributed by atoms with Crippen LogP contribution in [0, 0.1) is 13.8 Å². The summed E-state index contributed by atoms with van der Waals surface area (Å²) in [4.78, 5) is 9.90. The first-order valence-corrected chi connectivity index (χ1v) is 9.66. The molecular formula is C22H29N3. The monoisotopic (exact) mass is 335 g/mol. The van der Waals surface area contributed by atoms with Gasteiger partial charge in [0, 0.05) is 50.2 Å². The highest BCUT2D eigenvalue weighted by Gasteiger charge is 2.36. The Morgan fingerprint density at radius 3 is 2.72 bits per heavy atom. The molecule has 25 heavy (non-hydrogen) atoms. The lowest BCUT2D eigenvalue weighted by Gasteiger charge is -2.49. The first kappa shape index (κ1) is 16.7. The first-order chi connectivity index (χ1) is 12.2. The molecule has 4 rings (SSSR count). The molecule has 0 aliphatic carbocycles. The van der Waals surface area contributed by atoms with E-state index in [9.17, 15) is 0 Å². The van der Waals surface area contributed by atoms with Crippen molar-refractivity contribution in [2.45, 2.75) is 51.7 Å². The molecule has 1 aromatic heterocycles. The molecule has 3 heterocycles. The van der Waals surface area contributed by atoms with Gasteiger partial charge in [0.15, 0.2) is 0 Å². The number of hydrogen-bond donors (Lipinski definition) is 0. The summed E-state index contributed by atoms with van der Waals surface area (Å²) in [5.41, 5.74) is 5.51. The molecule has 0 N–H and O–H groups in total. The Morgan fingerprint density at radius 1 is 1.04 bits per heavy atom. The van der Waals surface area contributed by atoms with E-state index in [1.54, 1.807) is 0 Å². The third-order valence-corrected chi connectivity index (χ3v) is 6.13. The fraction of sp³-hybridized carbons (Fsp3) is 0.500. The topological polar surface area (TPSA) is 19.4 Å². The van der Waals surface area contributed by atoms with Crippen molar-refractivity contribution >= 4 is 0 Å². The minimum atomic E-state index is 0.583. The van der Waals surface area contributed by atoms with E-state index in [1.165, 1.54) is 61.3 Å². The van der Waals surface area contributed by atoms with Gasteiger partial charge in [0.05, 0.1) is 0 Å². The van der Waals surface area contributed by atoms with Crippen LogP contribution >= 0.6 is 0 Å². The molecule has 3 heteroatoms. The molecule has 0 saturated carbocycles. The van der Waals surface area contributed by atoms with E-state index in [0.29, 0.717) is 12.1 Å². The SMILES string of the molecule is Cc1nccc([C@H]2CCC[C@H]3CN(Cc4ccccc4)CCN32)c1C. The van der Waals surface area contributed by atoms with E-state index >= 15 is 0 Å². The molecule has 2 fully saturated rings. The maximum Gasteiger partial charge on any atom is 0.0405 e. The Balaban J connectivity index is 1.48. The lowest BCUT2D eigenvalue weighted by molar-refractivity contribution is 0.00616.